The van der Waals surface area contributed by atoms with E-state index in [1.165, 1.54) is 58.2 Å². The molecular formula is C101H127Cl3F3N21O13. The van der Waals surface area contributed by atoms with E-state index in [4.69, 9.17) is 39.4 Å². The molecule has 12 atom stereocenters. The van der Waals surface area contributed by atoms with Gasteiger partial charge in [-0.3, -0.25) is 66.9 Å². The maximum Gasteiger partial charge on any atom is 0.276 e. The van der Waals surface area contributed by atoms with E-state index in [0.717, 1.165) is 26.2 Å². The SMILES string of the molecule is CCC(=O)N[C@@H](C(=O)N1CCN(C)CC1)[C@@H](C)c1ccc(NC(=O)C(NC(=O)c2ccnn2CC)C(C)c2ccccc2Cl)c(F)c1.CCC(=O)N[C@@H](C(=O)N1CCN(C)CC1)[C@@H](C)c1ccc(NC(=O)C(NC(=O)c2ccnn2CC)C(C)c2ccccc2Cl)c(F)c1.CCC(=O)N[C@@H](C(=O)N1CCN(C)CC1)[C@@H](C)c1ccc(NC(=O)C(NC(=O)c2nonc2CC)C(C)c2ccccc2Cl)c(F)c1. The number of piperazine rings is 3. The quantitative estimate of drug-likeness (QED) is 0.0176. The van der Waals surface area contributed by atoms with Crippen molar-refractivity contribution >= 4 is 123 Å². The van der Waals surface area contributed by atoms with Crippen molar-refractivity contribution in [2.45, 2.75) is 194 Å². The zero-order chi connectivity index (χ0) is 103. The van der Waals surface area contributed by atoms with Gasteiger partial charge in [0.05, 0.1) is 17.1 Å². The van der Waals surface area contributed by atoms with Gasteiger partial charge in [-0.2, -0.15) is 10.2 Å². The van der Waals surface area contributed by atoms with Gasteiger partial charge in [0, 0.05) is 174 Å². The van der Waals surface area contributed by atoms with Crippen LogP contribution >= 0.6 is 34.8 Å². The van der Waals surface area contributed by atoms with Crippen molar-refractivity contribution in [3.8, 4) is 0 Å². The molecule has 9 N–H and O–H groups in total. The molecule has 6 heterocycles. The highest BCUT2D eigenvalue weighted by molar-refractivity contribution is 6.32. The van der Waals surface area contributed by atoms with Gasteiger partial charge in [-0.15, -0.1) is 0 Å². The number of aryl methyl sites for hydroxylation is 3. The Bertz CT molecular complexity index is 5330. The summed E-state index contributed by atoms with van der Waals surface area (Å²) in [5.74, 6) is -10.9. The molecule has 0 saturated carbocycles. The highest BCUT2D eigenvalue weighted by atomic mass is 35.5. The number of benzene rings is 6. The van der Waals surface area contributed by atoms with Crippen molar-refractivity contribution in [1.29, 1.82) is 0 Å². The molecule has 3 aliphatic heterocycles. The van der Waals surface area contributed by atoms with Gasteiger partial charge in [0.2, 0.25) is 53.2 Å². The molecule has 6 aromatic carbocycles. The van der Waals surface area contributed by atoms with Crippen LogP contribution in [0.25, 0.3) is 0 Å². The molecule has 34 nitrogen and oxygen atoms in total. The number of carbonyl (C=O) groups excluding carboxylic acids is 12. The van der Waals surface area contributed by atoms with Crippen molar-refractivity contribution < 1.29 is 75.3 Å². The normalized spacial score (nSPS) is 16.1. The number of hydrogen-bond acceptors (Lipinski definition) is 20. The predicted molar refractivity (Wildman–Crippen MR) is 532 cm³/mol. The summed E-state index contributed by atoms with van der Waals surface area (Å²) in [6.07, 6.45) is 3.96. The van der Waals surface area contributed by atoms with Crippen LogP contribution < -0.4 is 47.9 Å². The molecule has 40 heteroatoms. The summed E-state index contributed by atoms with van der Waals surface area (Å²) >= 11 is 19.3. The molecule has 9 aromatic rings. The Morgan fingerprint density at radius 3 is 0.901 bits per heavy atom. The third kappa shape index (κ3) is 28.7. The van der Waals surface area contributed by atoms with Gasteiger partial charge in [0.1, 0.15) is 70.8 Å². The van der Waals surface area contributed by atoms with Crippen LogP contribution in [0.3, 0.4) is 0 Å². The molecule has 6 unspecified atom stereocenters. The first-order chi connectivity index (χ1) is 67.3. The van der Waals surface area contributed by atoms with Crippen LogP contribution in [-0.2, 0) is 62.7 Å². The minimum atomic E-state index is -1.20. The topological polar surface area (TPSA) is 407 Å². The number of amides is 12. The van der Waals surface area contributed by atoms with E-state index >= 15 is 13.2 Å². The van der Waals surface area contributed by atoms with E-state index in [1.807, 2.05) is 35.0 Å². The standard InChI is InChI=1S/2C34H43ClFN7O4.C33H41ClFN7O5/c2*1-6-29(44)39-31(34(47)42-18-16-41(5)17-19-42)21(3)23-12-13-27(26(36)20-23)38-33(46)30(22(4)24-10-8-9-11-25(24)35)40-32(45)28-14-15-37-43(28)7-2;1-6-25-30(40-47-39-25)32(45)38-28(20(4)22-10-8-9-11-23(22)34)31(44)36-26-13-12-21(18-24(26)35)19(3)29(37-27(43)7-2)33(46)42-16-14-41(5)15-17-42/h2*8-15,20-22,30-31H,6-7,16-19H2,1-5H3,(H,38,46)(H,39,44)(H,40,45);8-13,18-20,28-29H,6-7,14-17H2,1-5H3,(H,36,44)(H,37,43)(H,38,45)/t2*21-,22?,30?,31+;19-,20?,28?,29+/m000/s1. The number of hydrogen-bond donors (Lipinski definition) is 9. The van der Waals surface area contributed by atoms with Gasteiger partial charge in [0.25, 0.3) is 17.7 Å². The van der Waals surface area contributed by atoms with Crippen LogP contribution in [-0.4, -0.2) is 266 Å². The van der Waals surface area contributed by atoms with Crippen molar-refractivity contribution in [3.05, 3.63) is 241 Å². The largest absolute Gasteiger partial charge is 0.344 e. The van der Waals surface area contributed by atoms with E-state index in [1.54, 1.807) is 187 Å². The summed E-state index contributed by atoms with van der Waals surface area (Å²) < 4.78 is 54.7. The smallest absolute Gasteiger partial charge is 0.276 e. The van der Waals surface area contributed by atoms with Crippen molar-refractivity contribution in [2.75, 3.05) is 116 Å². The minimum absolute atomic E-state index is 0.0583. The lowest BCUT2D eigenvalue weighted by Gasteiger charge is -2.36. The predicted octanol–water partition coefficient (Wildman–Crippen LogP) is 11.8. The third-order valence-electron chi connectivity index (χ3n) is 26.0. The maximum atomic E-state index is 15.7. The van der Waals surface area contributed by atoms with Crippen LogP contribution in [0.5, 0.6) is 0 Å². The lowest BCUT2D eigenvalue weighted by molar-refractivity contribution is -0.138. The fraction of sp³-hybridized carbons (Fsp3) is 0.446. The van der Waals surface area contributed by atoms with Gasteiger partial charge in [-0.25, -0.2) is 17.8 Å². The molecular weight excluding hydrogens is 1880 g/mol. The highest BCUT2D eigenvalue weighted by Crippen LogP contribution is 2.36. The summed E-state index contributed by atoms with van der Waals surface area (Å²) in [6, 6.07) is 30.7. The van der Waals surface area contributed by atoms with Gasteiger partial charge in [-0.1, -0.05) is 182 Å². The average molecular weight is 2010 g/mol. The first kappa shape index (κ1) is 110. The first-order valence-corrected chi connectivity index (χ1v) is 48.6. The van der Waals surface area contributed by atoms with Crippen LogP contribution in [0.2, 0.25) is 15.1 Å². The van der Waals surface area contributed by atoms with Gasteiger partial charge < -0.3 is 77.3 Å². The van der Waals surface area contributed by atoms with Crippen molar-refractivity contribution in [2.24, 2.45) is 0 Å². The second-order valence-corrected chi connectivity index (χ2v) is 36.6. The molecule has 12 amide bonds. The van der Waals surface area contributed by atoms with E-state index in [0.29, 0.717) is 126 Å². The first-order valence-electron chi connectivity index (χ1n) is 47.5. The summed E-state index contributed by atoms with van der Waals surface area (Å²) in [7, 11) is 5.95. The molecule has 0 aliphatic carbocycles. The molecule has 3 saturated heterocycles. The molecule has 756 valence electrons. The number of rotatable bonds is 36. The molecule has 3 aliphatic rings. The summed E-state index contributed by atoms with van der Waals surface area (Å²) in [6.45, 7) is 29.5. The zero-order valence-corrected chi connectivity index (χ0v) is 84.3. The Kier molecular flexibility index (Phi) is 40.6. The number of anilines is 3. The summed E-state index contributed by atoms with van der Waals surface area (Å²) in [5.41, 5.74) is 3.76. The summed E-state index contributed by atoms with van der Waals surface area (Å²) in [5, 5.41) is 41.6. The zero-order valence-electron chi connectivity index (χ0n) is 82.0. The lowest BCUT2D eigenvalue weighted by atomic mass is 9.91. The number of nitrogens with one attached hydrogen (secondary N) is 9. The monoisotopic (exact) mass is 2000 g/mol. The van der Waals surface area contributed by atoms with Crippen LogP contribution in [0.15, 0.2) is 157 Å². The molecule has 12 rings (SSSR count). The van der Waals surface area contributed by atoms with E-state index in [9.17, 15) is 57.5 Å². The highest BCUT2D eigenvalue weighted by Gasteiger charge is 2.41. The Hall–Kier alpha value is -12.9. The fourth-order valence-electron chi connectivity index (χ4n) is 16.8. The molecule has 0 radical (unpaired) electrons. The van der Waals surface area contributed by atoms with Gasteiger partial charge >= 0.3 is 0 Å². The molecule has 141 heavy (non-hydrogen) atoms. The Morgan fingerprint density at radius 2 is 0.638 bits per heavy atom. The number of nitrogens with zero attached hydrogens (tertiary/aromatic N) is 12. The number of aromatic nitrogens is 6. The lowest BCUT2D eigenvalue weighted by Crippen LogP contribution is -2.55. The minimum Gasteiger partial charge on any atom is -0.344 e. The second kappa shape index (κ2) is 52.0. The van der Waals surface area contributed by atoms with E-state index < -0.39 is 125 Å². The third-order valence-corrected chi connectivity index (χ3v) is 27.0. The second-order valence-electron chi connectivity index (χ2n) is 35.4. The fourth-order valence-corrected chi connectivity index (χ4v) is 17.7. The molecule has 3 fully saturated rings. The Balaban J connectivity index is 0.000000218. The number of halogens is 6. The number of likely N-dealkylation sites (N-methyl/N-ethyl adjacent to an activating group) is 3. The van der Waals surface area contributed by atoms with Crippen molar-refractivity contribution in [3.63, 3.8) is 0 Å². The van der Waals surface area contributed by atoms with Crippen LogP contribution in [0.4, 0.5) is 30.2 Å². The molecule has 0 spiro atoms. The van der Waals surface area contributed by atoms with E-state index in [-0.39, 0.29) is 88.8 Å². The average Bonchev–Trinajstić information content (AvgIpc) is 1.64. The van der Waals surface area contributed by atoms with E-state index in [2.05, 4.69) is 83.1 Å². The Morgan fingerprint density at radius 1 is 0.355 bits per heavy atom. The number of carbonyl (C=O) groups is 12. The van der Waals surface area contributed by atoms with Gasteiger partial charge in [-0.05, 0) is 147 Å². The van der Waals surface area contributed by atoms with Crippen molar-refractivity contribution in [1.82, 2.24) is 91.2 Å². The van der Waals surface area contributed by atoms with Crippen LogP contribution in [0.1, 0.15) is 208 Å². The Labute approximate surface area is 834 Å². The van der Waals surface area contributed by atoms with Gasteiger partial charge in [0.15, 0.2) is 5.69 Å². The molecule has 0 bridgehead atoms. The summed E-state index contributed by atoms with van der Waals surface area (Å²) in [4.78, 5) is 170. The molecule has 3 aromatic heterocycles. The maximum absolute atomic E-state index is 15.7. The van der Waals surface area contributed by atoms with Crippen LogP contribution in [0, 0.1) is 17.5 Å².